The molecule has 22 heavy (non-hydrogen) atoms. The van der Waals surface area contributed by atoms with Crippen LogP contribution in [0.5, 0.6) is 0 Å². The lowest BCUT2D eigenvalue weighted by Gasteiger charge is -2.11. The molecule has 0 saturated carbocycles. The number of rotatable bonds is 4. The van der Waals surface area contributed by atoms with Gasteiger partial charge in [0, 0.05) is 12.4 Å². The highest BCUT2D eigenvalue weighted by Gasteiger charge is 2.16. The highest BCUT2D eigenvalue weighted by molar-refractivity contribution is 5.89. The number of carbonyl (C=O) groups is 1. The number of carbonyl (C=O) groups excluding carboxylic acids is 1. The van der Waals surface area contributed by atoms with Crippen molar-refractivity contribution in [3.8, 4) is 5.69 Å². The van der Waals surface area contributed by atoms with Crippen molar-refractivity contribution in [2.75, 3.05) is 0 Å². The molecule has 0 fully saturated rings. The van der Waals surface area contributed by atoms with Crippen LogP contribution in [0, 0.1) is 0 Å². The van der Waals surface area contributed by atoms with E-state index in [4.69, 9.17) is 4.74 Å². The van der Waals surface area contributed by atoms with Crippen molar-refractivity contribution in [3.63, 3.8) is 0 Å². The summed E-state index contributed by atoms with van der Waals surface area (Å²) in [4.78, 5) is 16.3. The fraction of sp³-hybridized carbons (Fsp3) is 0.118. The second-order valence-electron chi connectivity index (χ2n) is 4.81. The van der Waals surface area contributed by atoms with Crippen LogP contribution in [0.2, 0.25) is 0 Å². The van der Waals surface area contributed by atoms with E-state index >= 15 is 0 Å². The Hall–Kier alpha value is -2.95. The third kappa shape index (κ3) is 3.03. The summed E-state index contributed by atoms with van der Waals surface area (Å²) >= 11 is 0. The number of hydrogen-bond acceptors (Lipinski definition) is 4. The van der Waals surface area contributed by atoms with E-state index in [1.165, 1.54) is 6.20 Å². The van der Waals surface area contributed by atoms with Gasteiger partial charge < -0.3 is 4.74 Å². The number of aromatic nitrogens is 3. The Kier molecular flexibility index (Phi) is 3.96. The van der Waals surface area contributed by atoms with Crippen LogP contribution >= 0.6 is 0 Å². The van der Waals surface area contributed by atoms with E-state index in [-0.39, 0.29) is 0 Å². The Morgan fingerprint density at radius 3 is 2.64 bits per heavy atom. The topological polar surface area (TPSA) is 57.0 Å². The molecule has 0 aliphatic rings. The predicted molar refractivity (Wildman–Crippen MR) is 81.6 cm³/mol. The average molecular weight is 293 g/mol. The lowest BCUT2D eigenvalue weighted by atomic mass is 10.2. The number of ether oxygens (including phenoxy) is 1. The van der Waals surface area contributed by atoms with E-state index in [1.807, 2.05) is 48.5 Å². The van der Waals surface area contributed by atoms with Crippen LogP contribution in [-0.4, -0.2) is 20.7 Å². The summed E-state index contributed by atoms with van der Waals surface area (Å²) < 4.78 is 7.06. The largest absolute Gasteiger partial charge is 0.452 e. The Morgan fingerprint density at radius 1 is 1.14 bits per heavy atom. The van der Waals surface area contributed by atoms with E-state index in [0.29, 0.717) is 11.3 Å². The van der Waals surface area contributed by atoms with Crippen LogP contribution in [0.4, 0.5) is 0 Å². The maximum atomic E-state index is 12.2. The minimum Gasteiger partial charge on any atom is -0.452 e. The maximum absolute atomic E-state index is 12.2. The molecule has 0 saturated heterocycles. The van der Waals surface area contributed by atoms with Gasteiger partial charge in [-0.05, 0) is 31.2 Å². The second kappa shape index (κ2) is 6.22. The molecule has 0 bridgehead atoms. The molecule has 3 aromatic rings. The zero-order valence-electron chi connectivity index (χ0n) is 12.1. The molecule has 0 unspecified atom stereocenters. The van der Waals surface area contributed by atoms with Crippen molar-refractivity contribution in [1.82, 2.24) is 14.8 Å². The molecule has 0 spiro atoms. The average Bonchev–Trinajstić information content (AvgIpc) is 3.06. The molecule has 0 radical (unpaired) electrons. The fourth-order valence-corrected chi connectivity index (χ4v) is 2.06. The third-order valence-electron chi connectivity index (χ3n) is 3.23. The number of pyridine rings is 1. The van der Waals surface area contributed by atoms with Gasteiger partial charge >= 0.3 is 5.97 Å². The van der Waals surface area contributed by atoms with Crippen LogP contribution in [0.1, 0.15) is 29.1 Å². The van der Waals surface area contributed by atoms with Crippen LogP contribution in [0.25, 0.3) is 5.69 Å². The molecule has 1 atom stereocenters. The number of esters is 1. The molecular weight excluding hydrogens is 278 g/mol. The molecular formula is C17H15N3O2. The first-order valence-corrected chi connectivity index (χ1v) is 6.96. The molecule has 5 heteroatoms. The van der Waals surface area contributed by atoms with Crippen LogP contribution in [0.3, 0.4) is 0 Å². The lowest BCUT2D eigenvalue weighted by Crippen LogP contribution is -2.09. The van der Waals surface area contributed by atoms with Crippen LogP contribution < -0.4 is 0 Å². The summed E-state index contributed by atoms with van der Waals surface area (Å²) in [6, 6.07) is 15.1. The number of para-hydroxylation sites is 1. The van der Waals surface area contributed by atoms with Crippen molar-refractivity contribution in [1.29, 1.82) is 0 Å². The standard InChI is InChI=1S/C17H15N3O2/c1-13(16-9-5-6-10-18-16)22-17(21)14-11-19-20(12-14)15-7-3-2-4-8-15/h2-13H,1H3/t13-/m1/s1. The predicted octanol–water partition coefficient (Wildman–Crippen LogP) is 3.19. The normalized spacial score (nSPS) is 11.9. The molecule has 2 aromatic heterocycles. The zero-order chi connectivity index (χ0) is 15.4. The van der Waals surface area contributed by atoms with E-state index in [2.05, 4.69) is 10.1 Å². The quantitative estimate of drug-likeness (QED) is 0.693. The Labute approximate surface area is 128 Å². The Morgan fingerprint density at radius 2 is 1.91 bits per heavy atom. The third-order valence-corrected chi connectivity index (χ3v) is 3.23. The van der Waals surface area contributed by atoms with E-state index < -0.39 is 12.1 Å². The molecule has 110 valence electrons. The summed E-state index contributed by atoms with van der Waals surface area (Å²) in [5.41, 5.74) is 2.01. The number of benzene rings is 1. The Balaban J connectivity index is 1.72. The Bertz CT molecular complexity index is 754. The monoisotopic (exact) mass is 293 g/mol. The fourth-order valence-electron chi connectivity index (χ4n) is 2.06. The highest BCUT2D eigenvalue weighted by Crippen LogP contribution is 2.16. The summed E-state index contributed by atoms with van der Waals surface area (Å²) in [6.07, 6.45) is 4.42. The first-order valence-electron chi connectivity index (χ1n) is 6.96. The zero-order valence-corrected chi connectivity index (χ0v) is 12.1. The van der Waals surface area contributed by atoms with Crippen molar-refractivity contribution < 1.29 is 9.53 Å². The van der Waals surface area contributed by atoms with Gasteiger partial charge in [-0.15, -0.1) is 0 Å². The van der Waals surface area contributed by atoms with Gasteiger partial charge in [0.05, 0.1) is 23.1 Å². The maximum Gasteiger partial charge on any atom is 0.342 e. The minimum atomic E-state index is -0.416. The van der Waals surface area contributed by atoms with Gasteiger partial charge in [0.25, 0.3) is 0 Å². The molecule has 0 amide bonds. The molecule has 2 heterocycles. The molecule has 0 aliphatic heterocycles. The second-order valence-corrected chi connectivity index (χ2v) is 4.81. The summed E-state index contributed by atoms with van der Waals surface area (Å²) in [6.45, 7) is 1.79. The van der Waals surface area contributed by atoms with Crippen molar-refractivity contribution in [2.24, 2.45) is 0 Å². The van der Waals surface area contributed by atoms with E-state index in [1.54, 1.807) is 24.0 Å². The summed E-state index contributed by atoms with van der Waals surface area (Å²) in [5, 5.41) is 4.19. The van der Waals surface area contributed by atoms with Gasteiger partial charge in [-0.2, -0.15) is 5.10 Å². The molecule has 3 rings (SSSR count). The number of nitrogens with zero attached hydrogens (tertiary/aromatic N) is 3. The van der Waals surface area contributed by atoms with Gasteiger partial charge in [0.1, 0.15) is 6.10 Å². The van der Waals surface area contributed by atoms with Crippen molar-refractivity contribution in [2.45, 2.75) is 13.0 Å². The van der Waals surface area contributed by atoms with Gasteiger partial charge in [-0.1, -0.05) is 24.3 Å². The highest BCUT2D eigenvalue weighted by atomic mass is 16.5. The van der Waals surface area contributed by atoms with Gasteiger partial charge in [0.15, 0.2) is 0 Å². The lowest BCUT2D eigenvalue weighted by molar-refractivity contribution is 0.0329. The molecule has 0 aliphatic carbocycles. The minimum absolute atomic E-state index is 0.409. The van der Waals surface area contributed by atoms with Gasteiger partial charge in [-0.25, -0.2) is 9.48 Å². The SMILES string of the molecule is C[C@@H](OC(=O)c1cnn(-c2ccccc2)c1)c1ccccn1. The van der Waals surface area contributed by atoms with Gasteiger partial charge in [0.2, 0.25) is 0 Å². The van der Waals surface area contributed by atoms with E-state index in [9.17, 15) is 4.79 Å². The smallest absolute Gasteiger partial charge is 0.342 e. The summed E-state index contributed by atoms with van der Waals surface area (Å²) in [5.74, 6) is -0.416. The molecule has 1 aromatic carbocycles. The van der Waals surface area contributed by atoms with Gasteiger partial charge in [-0.3, -0.25) is 4.98 Å². The van der Waals surface area contributed by atoms with Crippen molar-refractivity contribution >= 4 is 5.97 Å². The molecule has 0 N–H and O–H groups in total. The summed E-state index contributed by atoms with van der Waals surface area (Å²) in [7, 11) is 0. The first-order chi connectivity index (χ1) is 10.7. The molecule has 5 nitrogen and oxygen atoms in total. The first kappa shape index (κ1) is 14.0. The van der Waals surface area contributed by atoms with Crippen molar-refractivity contribution in [3.05, 3.63) is 78.4 Å². The van der Waals surface area contributed by atoms with Crippen LogP contribution in [-0.2, 0) is 4.74 Å². The number of hydrogen-bond donors (Lipinski definition) is 0. The van der Waals surface area contributed by atoms with E-state index in [0.717, 1.165) is 5.69 Å². The van der Waals surface area contributed by atoms with Crippen LogP contribution in [0.15, 0.2) is 67.1 Å².